The Balaban J connectivity index is 2.61. The maximum atomic E-state index is 13.3. The number of hydrogen-bond acceptors (Lipinski definition) is 6. The largest absolute Gasteiger partial charge is 0.408 e. The van der Waals surface area contributed by atoms with Crippen LogP contribution in [0.3, 0.4) is 0 Å². The molecule has 0 bridgehead atoms. The molecule has 0 saturated heterocycles. The Kier molecular flexibility index (Phi) is 2.98. The smallest absolute Gasteiger partial charge is 0.352 e. The van der Waals surface area contributed by atoms with E-state index in [-0.39, 0.29) is 5.69 Å². The van der Waals surface area contributed by atoms with Crippen molar-refractivity contribution in [3.63, 3.8) is 0 Å². The van der Waals surface area contributed by atoms with Crippen LogP contribution in [0.1, 0.15) is 31.6 Å². The molecule has 0 fully saturated rings. The minimum atomic E-state index is -5.21. The summed E-state index contributed by atoms with van der Waals surface area (Å²) in [4.78, 5) is 15.1. The molecular formula is C14H16ClF3N6. The first-order valence-electron chi connectivity index (χ1n) is 10.4. The molecule has 0 aliphatic carbocycles. The van der Waals surface area contributed by atoms with Crippen LogP contribution in [0.15, 0.2) is 18.2 Å². The molecule has 0 aliphatic heterocycles. The van der Waals surface area contributed by atoms with E-state index in [0.717, 1.165) is 6.07 Å². The fourth-order valence-electron chi connectivity index (χ4n) is 1.47. The lowest BCUT2D eigenvalue weighted by Gasteiger charge is -2.18. The molecular weight excluding hydrogens is 345 g/mol. The van der Waals surface area contributed by atoms with Crippen LogP contribution in [-0.2, 0) is 0 Å². The minimum Gasteiger partial charge on any atom is -0.352 e. The van der Waals surface area contributed by atoms with Crippen molar-refractivity contribution in [1.82, 2.24) is 19.9 Å². The molecule has 0 unspecified atom stereocenters. The van der Waals surface area contributed by atoms with E-state index in [1.54, 1.807) is 5.32 Å². The quantitative estimate of drug-likeness (QED) is 0.782. The molecule has 10 heteroatoms. The van der Waals surface area contributed by atoms with Gasteiger partial charge in [0, 0.05) is 14.3 Å². The van der Waals surface area contributed by atoms with Crippen LogP contribution in [-0.4, -0.2) is 38.2 Å². The van der Waals surface area contributed by atoms with Crippen LogP contribution < -0.4 is 10.6 Å². The highest BCUT2D eigenvalue weighted by Gasteiger charge is 2.36. The zero-order valence-corrected chi connectivity index (χ0v) is 12.8. The second kappa shape index (κ2) is 7.16. The summed E-state index contributed by atoms with van der Waals surface area (Å²) in [5, 5.41) is 3.67. The van der Waals surface area contributed by atoms with Crippen molar-refractivity contribution in [2.24, 2.45) is 0 Å². The third kappa shape index (κ3) is 4.92. The predicted octanol–water partition coefficient (Wildman–Crippen LogP) is 3.77. The lowest BCUT2D eigenvalue weighted by molar-refractivity contribution is -0.138. The van der Waals surface area contributed by atoms with Crippen LogP contribution in [0.5, 0.6) is 0 Å². The van der Waals surface area contributed by atoms with Crippen LogP contribution >= 0.6 is 11.6 Å². The lowest BCUT2D eigenvalue weighted by Crippen LogP contribution is -2.34. The first-order valence-corrected chi connectivity index (χ1v) is 6.77. The fraction of sp³-hybridized carbons (Fsp3) is 0.429. The summed E-state index contributed by atoms with van der Waals surface area (Å²) in [6.07, 6.45) is -5.21. The number of pyridine rings is 1. The number of hydrogen-bond donors (Lipinski definition) is 2. The van der Waals surface area contributed by atoms with Gasteiger partial charge in [-0.1, -0.05) is 17.6 Å². The van der Waals surface area contributed by atoms with Gasteiger partial charge in [-0.15, -0.1) is 0 Å². The van der Waals surface area contributed by atoms with Crippen molar-refractivity contribution in [3.05, 3.63) is 23.3 Å². The standard InChI is InChI=1S/C14H16ClF3N6/c1-7(2)19-12-22-11(9-5-4-6-10(15)21-9)23-13(24-12)20-8(3)14(16,17)18/h4-8H,1-3H3,(H2,19,20,22,23,24)/t8-/m1/s1/i1D3,3D3,4D,6D/t7-,8-. The second-order valence-corrected chi connectivity index (χ2v) is 4.85. The van der Waals surface area contributed by atoms with Crippen molar-refractivity contribution >= 4 is 23.5 Å². The molecule has 0 radical (unpaired) electrons. The predicted molar refractivity (Wildman–Crippen MR) is 86.0 cm³/mol. The summed E-state index contributed by atoms with van der Waals surface area (Å²) in [7, 11) is 0. The van der Waals surface area contributed by atoms with E-state index in [1.807, 2.05) is 0 Å². The van der Waals surface area contributed by atoms with Gasteiger partial charge in [-0.2, -0.15) is 28.1 Å². The monoisotopic (exact) mass is 368 g/mol. The zero-order valence-electron chi connectivity index (χ0n) is 20.0. The third-order valence-corrected chi connectivity index (χ3v) is 2.59. The number of anilines is 2. The third-order valence-electron chi connectivity index (χ3n) is 2.41. The molecule has 24 heavy (non-hydrogen) atoms. The number of nitrogens with zero attached hydrogens (tertiary/aromatic N) is 4. The first kappa shape index (κ1) is 9.97. The fourth-order valence-corrected chi connectivity index (χ4v) is 1.61. The Hall–Kier alpha value is -2.16. The molecule has 0 spiro atoms. The average molecular weight is 369 g/mol. The molecule has 2 heterocycles. The summed E-state index contributed by atoms with van der Waals surface area (Å²) in [5.41, 5.74) is -0.233. The number of nitrogens with one attached hydrogen (secondary N) is 2. The van der Waals surface area contributed by atoms with Gasteiger partial charge in [0.15, 0.2) is 5.82 Å². The van der Waals surface area contributed by atoms with E-state index in [4.69, 9.17) is 22.6 Å². The normalized spacial score (nSPS) is 20.0. The van der Waals surface area contributed by atoms with Crippen molar-refractivity contribution in [2.75, 3.05) is 10.6 Å². The average Bonchev–Trinajstić information content (AvgIpc) is 2.61. The van der Waals surface area contributed by atoms with Crippen molar-refractivity contribution in [2.45, 2.75) is 38.9 Å². The Bertz CT molecular complexity index is 947. The molecule has 2 aromatic rings. The molecule has 2 aromatic heterocycles. The topological polar surface area (TPSA) is 75.6 Å². The SMILES string of the molecule is [2H]c1cc(-c2nc(N[C@@H](C)C([2H])([2H])[2H])nc(N[C@H](C([2H])([2H])[2H])C(F)(F)F)n2)nc(Cl)c1[2H]. The van der Waals surface area contributed by atoms with Crippen LogP contribution in [0.4, 0.5) is 25.1 Å². The lowest BCUT2D eigenvalue weighted by atomic mass is 10.3. The van der Waals surface area contributed by atoms with Gasteiger partial charge in [-0.05, 0) is 32.7 Å². The van der Waals surface area contributed by atoms with E-state index in [9.17, 15) is 13.2 Å². The summed E-state index contributed by atoms with van der Waals surface area (Å²) in [5.74, 6) is -1.77. The van der Waals surface area contributed by atoms with E-state index in [0.29, 0.717) is 0 Å². The summed E-state index contributed by atoms with van der Waals surface area (Å²) in [6.45, 7) is -4.81. The van der Waals surface area contributed by atoms with Crippen LogP contribution in [0, 0.1) is 0 Å². The van der Waals surface area contributed by atoms with E-state index in [2.05, 4.69) is 25.3 Å². The first-order chi connectivity index (χ1) is 14.4. The molecule has 2 rings (SSSR count). The van der Waals surface area contributed by atoms with Crippen LogP contribution in [0.25, 0.3) is 11.5 Å². The van der Waals surface area contributed by atoms with Gasteiger partial charge in [-0.3, -0.25) is 0 Å². The van der Waals surface area contributed by atoms with E-state index < -0.39 is 66.9 Å². The molecule has 0 aromatic carbocycles. The molecule has 6 nitrogen and oxygen atoms in total. The van der Waals surface area contributed by atoms with Gasteiger partial charge in [0.1, 0.15) is 16.9 Å². The van der Waals surface area contributed by atoms with Crippen LogP contribution in [0.2, 0.25) is 5.15 Å². The van der Waals surface area contributed by atoms with E-state index in [1.165, 1.54) is 6.92 Å². The molecule has 130 valence electrons. The maximum Gasteiger partial charge on any atom is 0.408 e. The second-order valence-electron chi connectivity index (χ2n) is 4.49. The van der Waals surface area contributed by atoms with Crippen molar-refractivity contribution in [1.29, 1.82) is 0 Å². The minimum absolute atomic E-state index is 0.233. The maximum absolute atomic E-state index is 13.3. The highest BCUT2D eigenvalue weighted by molar-refractivity contribution is 6.29. The van der Waals surface area contributed by atoms with Gasteiger partial charge in [0.25, 0.3) is 0 Å². The molecule has 0 amide bonds. The van der Waals surface area contributed by atoms with Gasteiger partial charge in [-0.25, -0.2) is 4.98 Å². The highest BCUT2D eigenvalue weighted by atomic mass is 35.5. The number of aromatic nitrogens is 4. The Labute approximate surface area is 153 Å². The number of rotatable bonds is 5. The summed E-state index contributed by atoms with van der Waals surface area (Å²) < 4.78 is 98.8. The van der Waals surface area contributed by atoms with Crippen molar-refractivity contribution in [3.8, 4) is 11.5 Å². The van der Waals surface area contributed by atoms with Gasteiger partial charge in [0.2, 0.25) is 11.9 Å². The van der Waals surface area contributed by atoms with E-state index >= 15 is 0 Å². The molecule has 0 aliphatic rings. The Morgan fingerprint density at radius 1 is 1.17 bits per heavy atom. The molecule has 2 N–H and O–H groups in total. The summed E-state index contributed by atoms with van der Waals surface area (Å²) in [6, 6.07) is -4.09. The molecule has 2 atom stereocenters. The highest BCUT2D eigenvalue weighted by Crippen LogP contribution is 2.24. The number of halogens is 4. The number of alkyl halides is 3. The zero-order chi connectivity index (χ0) is 24.6. The Morgan fingerprint density at radius 3 is 2.46 bits per heavy atom. The van der Waals surface area contributed by atoms with Crippen molar-refractivity contribution < 1.29 is 24.1 Å². The van der Waals surface area contributed by atoms with Gasteiger partial charge in [0.05, 0.1) is 2.74 Å². The van der Waals surface area contributed by atoms with Gasteiger partial charge < -0.3 is 10.6 Å². The molecule has 0 saturated carbocycles. The Morgan fingerprint density at radius 2 is 1.88 bits per heavy atom. The summed E-state index contributed by atoms with van der Waals surface area (Å²) >= 11 is 5.78. The van der Waals surface area contributed by atoms with Gasteiger partial charge >= 0.3 is 6.18 Å².